The third-order valence-corrected chi connectivity index (χ3v) is 4.60. The minimum Gasteiger partial charge on any atom is -0.486 e. The summed E-state index contributed by atoms with van der Waals surface area (Å²) in [7, 11) is 0. The van der Waals surface area contributed by atoms with Crippen molar-refractivity contribution in [2.24, 2.45) is 5.92 Å². The zero-order valence-corrected chi connectivity index (χ0v) is 16.5. The van der Waals surface area contributed by atoms with Crippen molar-refractivity contribution in [3.8, 4) is 5.75 Å². The Labute approximate surface area is 160 Å². The van der Waals surface area contributed by atoms with Gasteiger partial charge in [-0.05, 0) is 55.4 Å². The molecule has 0 aliphatic carbocycles. The molecule has 6 heteroatoms. The second-order valence-electron chi connectivity index (χ2n) is 6.75. The Balaban J connectivity index is 1.89. The highest BCUT2D eigenvalue weighted by Gasteiger charge is 2.21. The molecule has 0 fully saturated rings. The molecule has 0 aliphatic heterocycles. The Morgan fingerprint density at radius 3 is 2.41 bits per heavy atom. The number of rotatable bonds is 10. The molecule has 0 bridgehead atoms. The average molecular weight is 376 g/mol. The van der Waals surface area contributed by atoms with E-state index < -0.39 is 0 Å². The van der Waals surface area contributed by atoms with Crippen molar-refractivity contribution in [3.63, 3.8) is 0 Å². The van der Waals surface area contributed by atoms with Crippen molar-refractivity contribution in [2.75, 3.05) is 19.6 Å². The molecule has 2 rings (SSSR count). The zero-order chi connectivity index (χ0) is 19.8. The normalized spacial score (nSPS) is 12.4. The number of halogens is 1. The van der Waals surface area contributed by atoms with Crippen molar-refractivity contribution in [1.82, 2.24) is 10.2 Å². The summed E-state index contributed by atoms with van der Waals surface area (Å²) in [5.74, 6) is 1.22. The molecule has 1 atom stereocenters. The predicted octanol–water partition coefficient (Wildman–Crippen LogP) is 4.09. The van der Waals surface area contributed by atoms with Crippen molar-refractivity contribution in [1.29, 1.82) is 0 Å². The van der Waals surface area contributed by atoms with E-state index in [1.807, 2.05) is 0 Å². The van der Waals surface area contributed by atoms with Crippen LogP contribution in [0.25, 0.3) is 0 Å². The lowest BCUT2D eigenvalue weighted by atomic mass is 10.0. The molecule has 0 aliphatic rings. The molecule has 0 spiro atoms. The van der Waals surface area contributed by atoms with E-state index in [0.717, 1.165) is 13.1 Å². The number of carbonyl (C=O) groups is 1. The van der Waals surface area contributed by atoms with Gasteiger partial charge in [-0.3, -0.25) is 9.69 Å². The first-order valence-corrected chi connectivity index (χ1v) is 9.43. The van der Waals surface area contributed by atoms with Gasteiger partial charge in [0.2, 0.25) is 0 Å². The van der Waals surface area contributed by atoms with Crippen LogP contribution >= 0.6 is 0 Å². The minimum atomic E-state index is -0.316. The summed E-state index contributed by atoms with van der Waals surface area (Å²) in [6.45, 7) is 11.2. The molecule has 27 heavy (non-hydrogen) atoms. The second-order valence-corrected chi connectivity index (χ2v) is 6.75. The molecular formula is C21H29FN2O3. The summed E-state index contributed by atoms with van der Waals surface area (Å²) in [5, 5.41) is 2.97. The van der Waals surface area contributed by atoms with Gasteiger partial charge in [-0.2, -0.15) is 0 Å². The Morgan fingerprint density at radius 2 is 1.81 bits per heavy atom. The largest absolute Gasteiger partial charge is 0.486 e. The number of amides is 1. The molecule has 1 unspecified atom stereocenters. The highest BCUT2D eigenvalue weighted by molar-refractivity contribution is 5.91. The summed E-state index contributed by atoms with van der Waals surface area (Å²) >= 11 is 0. The summed E-state index contributed by atoms with van der Waals surface area (Å²) in [5.41, 5.74) is 0. The molecule has 1 N–H and O–H groups in total. The van der Waals surface area contributed by atoms with E-state index in [0.29, 0.717) is 24.0 Å². The standard InChI is InChI=1S/C21H29FN2O3/c1-5-24(6-2)19(15(3)4)13-23-21(25)20-12-11-18(27-20)14-26-17-9-7-16(22)8-10-17/h7-12,15,19H,5-6,13-14H2,1-4H3,(H,23,25). The van der Waals surface area contributed by atoms with Gasteiger partial charge in [-0.25, -0.2) is 4.39 Å². The van der Waals surface area contributed by atoms with Gasteiger partial charge in [0, 0.05) is 12.6 Å². The van der Waals surface area contributed by atoms with Gasteiger partial charge in [0.1, 0.15) is 23.9 Å². The number of hydrogen-bond acceptors (Lipinski definition) is 4. The molecule has 0 saturated carbocycles. The Morgan fingerprint density at radius 1 is 1.15 bits per heavy atom. The molecule has 0 radical (unpaired) electrons. The van der Waals surface area contributed by atoms with Crippen molar-refractivity contribution in [2.45, 2.75) is 40.3 Å². The lowest BCUT2D eigenvalue weighted by molar-refractivity contribution is 0.0890. The molecule has 1 heterocycles. The average Bonchev–Trinajstić information content (AvgIpc) is 3.13. The van der Waals surface area contributed by atoms with Crippen LogP contribution in [-0.2, 0) is 6.61 Å². The predicted molar refractivity (Wildman–Crippen MR) is 103 cm³/mol. The maximum Gasteiger partial charge on any atom is 0.287 e. The van der Waals surface area contributed by atoms with E-state index in [9.17, 15) is 9.18 Å². The highest BCUT2D eigenvalue weighted by Crippen LogP contribution is 2.15. The van der Waals surface area contributed by atoms with E-state index in [1.54, 1.807) is 24.3 Å². The van der Waals surface area contributed by atoms with Crippen LogP contribution in [0.5, 0.6) is 5.75 Å². The number of likely N-dealkylation sites (N-methyl/N-ethyl adjacent to an activating group) is 1. The zero-order valence-electron chi connectivity index (χ0n) is 16.5. The maximum atomic E-state index is 12.9. The SMILES string of the molecule is CCN(CC)C(CNC(=O)c1ccc(COc2ccc(F)cc2)o1)C(C)C. The fourth-order valence-corrected chi connectivity index (χ4v) is 3.03. The van der Waals surface area contributed by atoms with Crippen molar-refractivity contribution >= 4 is 5.91 Å². The van der Waals surface area contributed by atoms with Crippen LogP contribution in [0.4, 0.5) is 4.39 Å². The van der Waals surface area contributed by atoms with E-state index in [-0.39, 0.29) is 30.1 Å². The molecule has 148 valence electrons. The summed E-state index contributed by atoms with van der Waals surface area (Å²) < 4.78 is 24.0. The molecule has 1 aromatic heterocycles. The number of carbonyl (C=O) groups excluding carboxylic acids is 1. The van der Waals surface area contributed by atoms with Crippen LogP contribution in [0, 0.1) is 11.7 Å². The van der Waals surface area contributed by atoms with Gasteiger partial charge in [0.25, 0.3) is 5.91 Å². The number of hydrogen-bond donors (Lipinski definition) is 1. The van der Waals surface area contributed by atoms with Gasteiger partial charge in [0.15, 0.2) is 5.76 Å². The Bertz CT molecular complexity index is 708. The van der Waals surface area contributed by atoms with Gasteiger partial charge < -0.3 is 14.5 Å². The van der Waals surface area contributed by atoms with Crippen LogP contribution in [0.1, 0.15) is 44.0 Å². The van der Waals surface area contributed by atoms with Crippen LogP contribution in [0.2, 0.25) is 0 Å². The van der Waals surface area contributed by atoms with Crippen LogP contribution in [0.3, 0.4) is 0 Å². The molecule has 5 nitrogen and oxygen atoms in total. The van der Waals surface area contributed by atoms with Gasteiger partial charge >= 0.3 is 0 Å². The first kappa shape index (κ1) is 21.0. The quantitative estimate of drug-likeness (QED) is 0.678. The van der Waals surface area contributed by atoms with Crippen LogP contribution in [0.15, 0.2) is 40.8 Å². The lowest BCUT2D eigenvalue weighted by Gasteiger charge is -2.32. The van der Waals surface area contributed by atoms with Gasteiger partial charge in [0.05, 0.1) is 0 Å². The number of nitrogens with one attached hydrogen (secondary N) is 1. The molecule has 0 saturated heterocycles. The summed E-state index contributed by atoms with van der Waals surface area (Å²) in [4.78, 5) is 14.7. The fraction of sp³-hybridized carbons (Fsp3) is 0.476. The number of furan rings is 1. The lowest BCUT2D eigenvalue weighted by Crippen LogP contribution is -2.46. The van der Waals surface area contributed by atoms with Crippen LogP contribution in [-0.4, -0.2) is 36.5 Å². The van der Waals surface area contributed by atoms with E-state index in [2.05, 4.69) is 37.9 Å². The third kappa shape index (κ3) is 6.10. The molecule has 1 aromatic carbocycles. The Hall–Kier alpha value is -2.34. The van der Waals surface area contributed by atoms with Crippen molar-refractivity contribution in [3.05, 3.63) is 53.7 Å². The van der Waals surface area contributed by atoms with Crippen LogP contribution < -0.4 is 10.1 Å². The molecule has 2 aromatic rings. The highest BCUT2D eigenvalue weighted by atomic mass is 19.1. The van der Waals surface area contributed by atoms with E-state index in [4.69, 9.17) is 9.15 Å². The van der Waals surface area contributed by atoms with Gasteiger partial charge in [-0.1, -0.05) is 27.7 Å². The first-order chi connectivity index (χ1) is 12.9. The van der Waals surface area contributed by atoms with Gasteiger partial charge in [-0.15, -0.1) is 0 Å². The van der Waals surface area contributed by atoms with Crippen molar-refractivity contribution < 1.29 is 18.3 Å². The fourth-order valence-electron chi connectivity index (χ4n) is 3.03. The molecular weight excluding hydrogens is 347 g/mol. The summed E-state index contributed by atoms with van der Waals surface area (Å²) in [6, 6.07) is 9.38. The second kappa shape index (κ2) is 10.1. The first-order valence-electron chi connectivity index (χ1n) is 9.43. The third-order valence-electron chi connectivity index (χ3n) is 4.60. The van der Waals surface area contributed by atoms with E-state index >= 15 is 0 Å². The molecule has 1 amide bonds. The minimum absolute atomic E-state index is 0.174. The smallest absolute Gasteiger partial charge is 0.287 e. The summed E-state index contributed by atoms with van der Waals surface area (Å²) in [6.07, 6.45) is 0. The van der Waals surface area contributed by atoms with E-state index in [1.165, 1.54) is 12.1 Å². The maximum absolute atomic E-state index is 12.9. The number of nitrogens with zero attached hydrogens (tertiary/aromatic N) is 1. The topological polar surface area (TPSA) is 54.7 Å². The Kier molecular flexibility index (Phi) is 7.85. The monoisotopic (exact) mass is 376 g/mol. The number of ether oxygens (including phenoxy) is 1. The number of benzene rings is 1.